The number of nitrogens with one attached hydrogen (secondary N) is 2. The molecule has 0 saturated carbocycles. The fourth-order valence-electron chi connectivity index (χ4n) is 4.96. The van der Waals surface area contributed by atoms with E-state index in [9.17, 15) is 9.59 Å². The van der Waals surface area contributed by atoms with Gasteiger partial charge in [0.25, 0.3) is 5.91 Å². The monoisotopic (exact) mass is 449 g/mol. The number of piperidine rings is 1. The van der Waals surface area contributed by atoms with Crippen LogP contribution in [0.25, 0.3) is 0 Å². The fraction of sp³-hybridized carbons (Fsp3) is 0.481. The van der Waals surface area contributed by atoms with Gasteiger partial charge in [-0.3, -0.25) is 15.0 Å². The smallest absolute Gasteiger partial charge is 0.322 e. The van der Waals surface area contributed by atoms with Crippen molar-refractivity contribution in [1.82, 2.24) is 15.5 Å². The molecule has 1 atom stereocenters. The third kappa shape index (κ3) is 5.74. The second kappa shape index (κ2) is 10.4. The van der Waals surface area contributed by atoms with E-state index < -0.39 is 5.54 Å². The SMILES string of the molecule is CC(C)CCC1(C2CCN(Cc3ccc(OCc4ccccc4)cc3)CC2)NC(=O)NC1=O. The van der Waals surface area contributed by atoms with Crippen LogP contribution in [-0.4, -0.2) is 35.5 Å². The number of imide groups is 1. The number of urea groups is 1. The summed E-state index contributed by atoms with van der Waals surface area (Å²) in [6.07, 6.45) is 3.44. The van der Waals surface area contributed by atoms with Gasteiger partial charge in [-0.05, 0) is 73.9 Å². The lowest BCUT2D eigenvalue weighted by molar-refractivity contribution is -0.127. The Kier molecular flexibility index (Phi) is 7.33. The van der Waals surface area contributed by atoms with Crippen molar-refractivity contribution in [3.63, 3.8) is 0 Å². The molecule has 0 spiro atoms. The number of benzene rings is 2. The van der Waals surface area contributed by atoms with Gasteiger partial charge in [0.2, 0.25) is 0 Å². The molecule has 6 nitrogen and oxygen atoms in total. The Hall–Kier alpha value is -2.86. The largest absolute Gasteiger partial charge is 0.489 e. The van der Waals surface area contributed by atoms with Crippen molar-refractivity contribution in [1.29, 1.82) is 0 Å². The average Bonchev–Trinajstić information content (AvgIpc) is 3.12. The fourth-order valence-corrected chi connectivity index (χ4v) is 4.96. The van der Waals surface area contributed by atoms with Gasteiger partial charge in [0, 0.05) is 6.54 Å². The number of carbonyl (C=O) groups is 2. The van der Waals surface area contributed by atoms with Crippen molar-refractivity contribution in [2.45, 2.75) is 58.2 Å². The molecule has 0 radical (unpaired) electrons. The Balaban J connectivity index is 1.29. The van der Waals surface area contributed by atoms with Crippen LogP contribution in [0.3, 0.4) is 0 Å². The van der Waals surface area contributed by atoms with Gasteiger partial charge >= 0.3 is 6.03 Å². The van der Waals surface area contributed by atoms with Crippen LogP contribution in [0.2, 0.25) is 0 Å². The molecule has 2 saturated heterocycles. The average molecular weight is 450 g/mol. The third-order valence-corrected chi connectivity index (χ3v) is 6.95. The minimum atomic E-state index is -0.745. The van der Waals surface area contributed by atoms with E-state index in [0.717, 1.165) is 50.2 Å². The summed E-state index contributed by atoms with van der Waals surface area (Å²) < 4.78 is 5.89. The number of ether oxygens (including phenoxy) is 1. The van der Waals surface area contributed by atoms with Crippen LogP contribution in [-0.2, 0) is 17.9 Å². The first kappa shape index (κ1) is 23.3. The summed E-state index contributed by atoms with van der Waals surface area (Å²) in [4.78, 5) is 27.1. The summed E-state index contributed by atoms with van der Waals surface area (Å²) in [5.74, 6) is 1.40. The van der Waals surface area contributed by atoms with Crippen molar-refractivity contribution in [2.75, 3.05) is 13.1 Å². The van der Waals surface area contributed by atoms with E-state index in [0.29, 0.717) is 18.9 Å². The van der Waals surface area contributed by atoms with Crippen LogP contribution in [0.1, 0.15) is 50.7 Å². The number of amides is 3. The Bertz CT molecular complexity index is 937. The van der Waals surface area contributed by atoms with Gasteiger partial charge in [-0.1, -0.05) is 56.3 Å². The molecule has 2 heterocycles. The first-order valence-corrected chi connectivity index (χ1v) is 12.1. The molecule has 176 valence electrons. The van der Waals surface area contributed by atoms with Gasteiger partial charge in [0.1, 0.15) is 17.9 Å². The summed E-state index contributed by atoms with van der Waals surface area (Å²) in [5.41, 5.74) is 1.66. The molecule has 2 aromatic rings. The van der Waals surface area contributed by atoms with Gasteiger partial charge < -0.3 is 10.1 Å². The highest BCUT2D eigenvalue weighted by atomic mass is 16.5. The zero-order valence-electron chi connectivity index (χ0n) is 19.7. The van der Waals surface area contributed by atoms with E-state index in [1.807, 2.05) is 30.3 Å². The first-order chi connectivity index (χ1) is 15.9. The number of rotatable bonds is 9. The Morgan fingerprint density at radius 1 is 1.00 bits per heavy atom. The molecule has 0 aromatic heterocycles. The first-order valence-electron chi connectivity index (χ1n) is 12.1. The summed E-state index contributed by atoms with van der Waals surface area (Å²) in [6.45, 7) is 7.60. The van der Waals surface area contributed by atoms with E-state index in [2.05, 4.69) is 53.6 Å². The zero-order chi connectivity index (χ0) is 23.3. The predicted molar refractivity (Wildman–Crippen MR) is 129 cm³/mol. The molecule has 2 aliphatic rings. The highest BCUT2D eigenvalue weighted by Gasteiger charge is 2.51. The lowest BCUT2D eigenvalue weighted by Gasteiger charge is -2.41. The quantitative estimate of drug-likeness (QED) is 0.554. The van der Waals surface area contributed by atoms with Crippen molar-refractivity contribution in [2.24, 2.45) is 11.8 Å². The standard InChI is InChI=1S/C27H35N3O3/c1-20(2)12-15-27(25(31)28-26(32)29-27)23-13-16-30(17-14-23)18-21-8-10-24(11-9-21)33-19-22-6-4-3-5-7-22/h3-11,20,23H,12-19H2,1-2H3,(H2,28,29,31,32). The van der Waals surface area contributed by atoms with Crippen molar-refractivity contribution < 1.29 is 14.3 Å². The molecule has 6 heteroatoms. The molecule has 3 amide bonds. The van der Waals surface area contributed by atoms with Gasteiger partial charge in [-0.25, -0.2) is 4.79 Å². The molecule has 2 fully saturated rings. The number of hydrogen-bond acceptors (Lipinski definition) is 4. The second-order valence-electron chi connectivity index (χ2n) is 9.78. The van der Waals surface area contributed by atoms with Gasteiger partial charge in [-0.15, -0.1) is 0 Å². The molecular formula is C27H35N3O3. The van der Waals surface area contributed by atoms with E-state index in [-0.39, 0.29) is 17.9 Å². The number of likely N-dealkylation sites (tertiary alicyclic amines) is 1. The third-order valence-electron chi connectivity index (χ3n) is 6.95. The van der Waals surface area contributed by atoms with Gasteiger partial charge in [0.15, 0.2) is 0 Å². The van der Waals surface area contributed by atoms with E-state index in [1.54, 1.807) is 0 Å². The number of nitrogens with zero attached hydrogens (tertiary/aromatic N) is 1. The predicted octanol–water partition coefficient (Wildman–Crippen LogP) is 4.49. The molecule has 4 rings (SSSR count). The van der Waals surface area contributed by atoms with Gasteiger partial charge in [0.05, 0.1) is 0 Å². The normalized spacial score (nSPS) is 21.8. The maximum atomic E-state index is 12.7. The van der Waals surface area contributed by atoms with Crippen molar-refractivity contribution >= 4 is 11.9 Å². The Morgan fingerprint density at radius 2 is 1.70 bits per heavy atom. The van der Waals surface area contributed by atoms with Crippen LogP contribution in [0.4, 0.5) is 4.79 Å². The summed E-state index contributed by atoms with van der Waals surface area (Å²) in [5, 5.41) is 5.50. The highest BCUT2D eigenvalue weighted by Crippen LogP contribution is 2.35. The van der Waals surface area contributed by atoms with Crippen LogP contribution in [0.15, 0.2) is 54.6 Å². The molecule has 2 aromatic carbocycles. The van der Waals surface area contributed by atoms with Crippen molar-refractivity contribution in [3.05, 3.63) is 65.7 Å². The summed E-state index contributed by atoms with van der Waals surface area (Å²) in [6, 6.07) is 18.1. The molecule has 0 aliphatic carbocycles. The minimum absolute atomic E-state index is 0.141. The maximum Gasteiger partial charge on any atom is 0.322 e. The van der Waals surface area contributed by atoms with Crippen LogP contribution >= 0.6 is 0 Å². The van der Waals surface area contributed by atoms with Crippen LogP contribution in [0, 0.1) is 11.8 Å². The molecule has 0 bridgehead atoms. The van der Waals surface area contributed by atoms with Crippen LogP contribution in [0.5, 0.6) is 5.75 Å². The summed E-state index contributed by atoms with van der Waals surface area (Å²) in [7, 11) is 0. The van der Waals surface area contributed by atoms with E-state index in [4.69, 9.17) is 4.74 Å². The molecular weight excluding hydrogens is 414 g/mol. The minimum Gasteiger partial charge on any atom is -0.489 e. The maximum absolute atomic E-state index is 12.7. The second-order valence-corrected chi connectivity index (χ2v) is 9.78. The zero-order valence-corrected chi connectivity index (χ0v) is 19.7. The van der Waals surface area contributed by atoms with E-state index in [1.165, 1.54) is 5.56 Å². The number of hydrogen-bond donors (Lipinski definition) is 2. The van der Waals surface area contributed by atoms with Crippen molar-refractivity contribution in [3.8, 4) is 5.75 Å². The van der Waals surface area contributed by atoms with E-state index >= 15 is 0 Å². The summed E-state index contributed by atoms with van der Waals surface area (Å²) >= 11 is 0. The Morgan fingerprint density at radius 3 is 2.30 bits per heavy atom. The lowest BCUT2D eigenvalue weighted by atomic mass is 9.74. The molecule has 2 N–H and O–H groups in total. The lowest BCUT2D eigenvalue weighted by Crippen LogP contribution is -2.56. The molecule has 2 aliphatic heterocycles. The molecule has 33 heavy (non-hydrogen) atoms. The van der Waals surface area contributed by atoms with Gasteiger partial charge in [-0.2, -0.15) is 0 Å². The number of carbonyl (C=O) groups excluding carboxylic acids is 2. The highest BCUT2D eigenvalue weighted by molar-refractivity contribution is 6.07. The molecule has 1 unspecified atom stereocenters. The Labute approximate surface area is 196 Å². The van der Waals surface area contributed by atoms with Crippen LogP contribution < -0.4 is 15.4 Å². The topological polar surface area (TPSA) is 70.7 Å².